The summed E-state index contributed by atoms with van der Waals surface area (Å²) in [6, 6.07) is 11.2. The number of methoxy groups -OCH3 is 1. The van der Waals surface area contributed by atoms with E-state index in [-0.39, 0.29) is 35.8 Å². The van der Waals surface area contributed by atoms with Gasteiger partial charge in [0.15, 0.2) is 0 Å². The first kappa shape index (κ1) is 18.4. The number of aromatic amines is 1. The number of rotatable bonds is 7. The fourth-order valence-corrected chi connectivity index (χ4v) is 2.72. The maximum absolute atomic E-state index is 12.6. The molecule has 1 aromatic heterocycles. The molecule has 0 aliphatic carbocycles. The van der Waals surface area contributed by atoms with E-state index in [1.54, 1.807) is 24.3 Å². The highest BCUT2D eigenvalue weighted by Gasteiger charge is 2.17. The van der Waals surface area contributed by atoms with E-state index in [0.717, 1.165) is 0 Å². The molecule has 3 rings (SSSR count). The van der Waals surface area contributed by atoms with Crippen LogP contribution in [0.2, 0.25) is 0 Å². The van der Waals surface area contributed by atoms with Crippen LogP contribution in [0.1, 0.15) is 10.4 Å². The molecule has 0 aliphatic rings. The predicted molar refractivity (Wildman–Crippen MR) is 94.5 cm³/mol. The number of hydrogen-bond donors (Lipinski definition) is 2. The predicted octanol–water partition coefficient (Wildman–Crippen LogP) is 2.37. The standard InChI is InChI=1S/C18H17F2N3O4/c1-26-11-6-7-12(15(10-11)27-17(19)20)16(24)21-8-9-23-14-5-3-2-4-13(14)22-18(23)25/h2-7,10,17H,8-9H2,1H3,(H,21,24)(H,22,25). The summed E-state index contributed by atoms with van der Waals surface area (Å²) >= 11 is 0. The van der Waals surface area contributed by atoms with E-state index in [0.29, 0.717) is 11.0 Å². The smallest absolute Gasteiger partial charge is 0.387 e. The molecule has 2 N–H and O–H groups in total. The van der Waals surface area contributed by atoms with Crippen molar-refractivity contribution < 1.29 is 23.0 Å². The minimum atomic E-state index is -3.08. The number of carbonyl (C=O) groups is 1. The highest BCUT2D eigenvalue weighted by atomic mass is 19.3. The summed E-state index contributed by atoms with van der Waals surface area (Å²) < 4.78 is 36.0. The van der Waals surface area contributed by atoms with Gasteiger partial charge in [-0.15, -0.1) is 0 Å². The SMILES string of the molecule is COc1ccc(C(=O)NCCn2c(=O)[nH]c3ccccc32)c(OC(F)F)c1. The van der Waals surface area contributed by atoms with Crippen LogP contribution in [0.5, 0.6) is 11.5 Å². The zero-order chi connectivity index (χ0) is 19.4. The molecule has 0 fully saturated rings. The van der Waals surface area contributed by atoms with Crippen LogP contribution >= 0.6 is 0 Å². The fraction of sp³-hybridized carbons (Fsp3) is 0.222. The zero-order valence-corrected chi connectivity index (χ0v) is 14.4. The summed E-state index contributed by atoms with van der Waals surface area (Å²) in [5.41, 5.74) is 1.05. The van der Waals surface area contributed by atoms with Crippen molar-refractivity contribution in [3.8, 4) is 11.5 Å². The average molecular weight is 377 g/mol. The minimum absolute atomic E-state index is 0.0534. The molecule has 0 saturated carbocycles. The van der Waals surface area contributed by atoms with Crippen molar-refractivity contribution >= 4 is 16.9 Å². The lowest BCUT2D eigenvalue weighted by Gasteiger charge is -2.12. The van der Waals surface area contributed by atoms with Gasteiger partial charge in [0.05, 0.1) is 23.7 Å². The lowest BCUT2D eigenvalue weighted by atomic mass is 10.1. The Morgan fingerprint density at radius 2 is 2.04 bits per heavy atom. The summed E-state index contributed by atoms with van der Waals surface area (Å²) in [5.74, 6) is -0.597. The quantitative estimate of drug-likeness (QED) is 0.662. The Balaban J connectivity index is 1.72. The molecule has 0 saturated heterocycles. The number of para-hydroxylation sites is 2. The lowest BCUT2D eigenvalue weighted by Crippen LogP contribution is -2.30. The summed E-state index contributed by atoms with van der Waals surface area (Å²) in [6.45, 7) is -2.73. The molecule has 27 heavy (non-hydrogen) atoms. The number of benzene rings is 2. The second kappa shape index (κ2) is 7.90. The van der Waals surface area contributed by atoms with E-state index in [1.165, 1.54) is 29.9 Å². The Kier molecular flexibility index (Phi) is 5.39. The van der Waals surface area contributed by atoms with Gasteiger partial charge in [0.25, 0.3) is 5.91 Å². The number of amides is 1. The molecule has 1 heterocycles. The first-order valence-electron chi connectivity index (χ1n) is 8.08. The van der Waals surface area contributed by atoms with Crippen LogP contribution in [0.3, 0.4) is 0 Å². The van der Waals surface area contributed by atoms with Gasteiger partial charge in [-0.1, -0.05) is 12.1 Å². The lowest BCUT2D eigenvalue weighted by molar-refractivity contribution is -0.0502. The number of imidazole rings is 1. The summed E-state index contributed by atoms with van der Waals surface area (Å²) in [7, 11) is 1.38. The van der Waals surface area contributed by atoms with Gasteiger partial charge in [-0.25, -0.2) is 4.79 Å². The van der Waals surface area contributed by atoms with Gasteiger partial charge in [0, 0.05) is 19.2 Å². The third kappa shape index (κ3) is 4.08. The van der Waals surface area contributed by atoms with Crippen LogP contribution in [0, 0.1) is 0 Å². The molecule has 0 spiro atoms. The van der Waals surface area contributed by atoms with E-state index in [1.807, 2.05) is 0 Å². The second-order valence-corrected chi connectivity index (χ2v) is 5.60. The number of nitrogens with one attached hydrogen (secondary N) is 2. The molecule has 2 aromatic carbocycles. The molecular formula is C18H17F2N3O4. The molecule has 0 radical (unpaired) electrons. The number of ether oxygens (including phenoxy) is 2. The van der Waals surface area contributed by atoms with Gasteiger partial charge >= 0.3 is 12.3 Å². The first-order chi connectivity index (χ1) is 13.0. The van der Waals surface area contributed by atoms with Crippen LogP contribution in [0.4, 0.5) is 8.78 Å². The van der Waals surface area contributed by atoms with Crippen molar-refractivity contribution in [3.05, 3.63) is 58.5 Å². The summed E-state index contributed by atoms with van der Waals surface area (Å²) in [5, 5.41) is 2.60. The van der Waals surface area contributed by atoms with E-state index < -0.39 is 12.5 Å². The van der Waals surface area contributed by atoms with Gasteiger partial charge in [-0.05, 0) is 24.3 Å². The Labute approximate surface area is 152 Å². The number of fused-ring (bicyclic) bond motifs is 1. The zero-order valence-electron chi connectivity index (χ0n) is 14.4. The van der Waals surface area contributed by atoms with E-state index in [9.17, 15) is 18.4 Å². The Morgan fingerprint density at radius 3 is 2.78 bits per heavy atom. The van der Waals surface area contributed by atoms with Gasteiger partial charge in [0.2, 0.25) is 0 Å². The Hall–Kier alpha value is -3.36. The summed E-state index contributed by atoms with van der Waals surface area (Å²) in [6.07, 6.45) is 0. The average Bonchev–Trinajstić information content (AvgIpc) is 2.96. The Morgan fingerprint density at radius 1 is 1.26 bits per heavy atom. The molecular weight excluding hydrogens is 360 g/mol. The maximum Gasteiger partial charge on any atom is 0.387 e. The third-order valence-corrected chi connectivity index (χ3v) is 3.95. The van der Waals surface area contributed by atoms with Gasteiger partial charge in [-0.3, -0.25) is 9.36 Å². The number of H-pyrrole nitrogens is 1. The van der Waals surface area contributed by atoms with Crippen LogP contribution in [0.15, 0.2) is 47.3 Å². The molecule has 0 unspecified atom stereocenters. The van der Waals surface area contributed by atoms with E-state index in [4.69, 9.17) is 4.74 Å². The number of alkyl halides is 2. The topological polar surface area (TPSA) is 85.4 Å². The minimum Gasteiger partial charge on any atom is -0.497 e. The third-order valence-electron chi connectivity index (χ3n) is 3.95. The normalized spacial score (nSPS) is 11.0. The highest BCUT2D eigenvalue weighted by molar-refractivity contribution is 5.97. The van der Waals surface area contributed by atoms with Crippen LogP contribution in [0.25, 0.3) is 11.0 Å². The van der Waals surface area contributed by atoms with Crippen molar-refractivity contribution in [1.82, 2.24) is 14.9 Å². The molecule has 0 atom stereocenters. The van der Waals surface area contributed by atoms with Crippen molar-refractivity contribution in [1.29, 1.82) is 0 Å². The number of aromatic nitrogens is 2. The molecule has 9 heteroatoms. The number of carbonyl (C=O) groups excluding carboxylic acids is 1. The first-order valence-corrected chi connectivity index (χ1v) is 8.08. The fourth-order valence-electron chi connectivity index (χ4n) is 2.72. The molecule has 0 bridgehead atoms. The largest absolute Gasteiger partial charge is 0.497 e. The molecule has 1 amide bonds. The van der Waals surface area contributed by atoms with Gasteiger partial charge in [0.1, 0.15) is 11.5 Å². The van der Waals surface area contributed by atoms with Crippen molar-refractivity contribution in [2.24, 2.45) is 0 Å². The maximum atomic E-state index is 12.6. The van der Waals surface area contributed by atoms with E-state index >= 15 is 0 Å². The van der Waals surface area contributed by atoms with Gasteiger partial charge in [-0.2, -0.15) is 8.78 Å². The highest BCUT2D eigenvalue weighted by Crippen LogP contribution is 2.26. The number of hydrogen-bond acceptors (Lipinski definition) is 4. The monoisotopic (exact) mass is 377 g/mol. The van der Waals surface area contributed by atoms with Gasteiger partial charge < -0.3 is 19.8 Å². The molecule has 3 aromatic rings. The van der Waals surface area contributed by atoms with Crippen molar-refractivity contribution in [2.75, 3.05) is 13.7 Å². The van der Waals surface area contributed by atoms with Crippen LogP contribution < -0.4 is 20.5 Å². The second-order valence-electron chi connectivity index (χ2n) is 5.60. The Bertz CT molecular complexity index is 1010. The van der Waals surface area contributed by atoms with E-state index in [2.05, 4.69) is 15.0 Å². The molecule has 142 valence electrons. The van der Waals surface area contributed by atoms with Crippen molar-refractivity contribution in [2.45, 2.75) is 13.2 Å². The molecule has 0 aliphatic heterocycles. The summed E-state index contributed by atoms with van der Waals surface area (Å²) in [4.78, 5) is 27.1. The molecule has 7 nitrogen and oxygen atoms in total. The number of nitrogens with zero attached hydrogens (tertiary/aromatic N) is 1. The van der Waals surface area contributed by atoms with Crippen molar-refractivity contribution in [3.63, 3.8) is 0 Å². The van der Waals surface area contributed by atoms with Crippen LogP contribution in [-0.2, 0) is 6.54 Å². The number of halogens is 2. The van der Waals surface area contributed by atoms with Crippen LogP contribution in [-0.4, -0.2) is 35.7 Å².